The molecule has 1 fully saturated rings. The summed E-state index contributed by atoms with van der Waals surface area (Å²) in [5, 5.41) is 0. The van der Waals surface area contributed by atoms with E-state index >= 15 is 0 Å². The number of pyridine rings is 2. The number of aromatic nitrogens is 2. The maximum Gasteiger partial charge on any atom is 0.223 e. The highest BCUT2D eigenvalue weighted by molar-refractivity contribution is 7.91. The number of amides is 1. The molecular weight excluding hydrogens is 388 g/mol. The molecule has 0 aliphatic carbocycles. The number of carbonyl (C=O) groups is 1. The zero-order valence-corrected chi connectivity index (χ0v) is 18.1. The van der Waals surface area contributed by atoms with Gasteiger partial charge >= 0.3 is 0 Å². The molecule has 1 amide bonds. The van der Waals surface area contributed by atoms with Crippen molar-refractivity contribution in [3.05, 3.63) is 41.7 Å². The van der Waals surface area contributed by atoms with Crippen LogP contribution in [-0.2, 0) is 14.6 Å². The van der Waals surface area contributed by atoms with E-state index in [0.29, 0.717) is 26.2 Å². The molecule has 7 nitrogen and oxygen atoms in total. The SMILES string of the molecule is CCS(=O)(=O)CCC(=O)N1CCN(c2cc(-c3ncc(C)cc3C)ccn2)CC1. The van der Waals surface area contributed by atoms with Crippen LogP contribution in [0.4, 0.5) is 5.82 Å². The van der Waals surface area contributed by atoms with E-state index in [2.05, 4.69) is 27.9 Å². The van der Waals surface area contributed by atoms with Gasteiger partial charge in [0, 0.05) is 56.3 Å². The molecule has 0 N–H and O–H groups in total. The summed E-state index contributed by atoms with van der Waals surface area (Å²) in [6, 6.07) is 6.11. The number of hydrogen-bond donors (Lipinski definition) is 0. The predicted molar refractivity (Wildman–Crippen MR) is 115 cm³/mol. The van der Waals surface area contributed by atoms with E-state index in [-0.39, 0.29) is 23.8 Å². The lowest BCUT2D eigenvalue weighted by atomic mass is 10.1. The largest absolute Gasteiger partial charge is 0.353 e. The van der Waals surface area contributed by atoms with Crippen LogP contribution in [-0.4, -0.2) is 66.9 Å². The fraction of sp³-hybridized carbons (Fsp3) is 0.476. The maximum atomic E-state index is 12.3. The number of carbonyl (C=O) groups excluding carboxylic acids is 1. The Morgan fingerprint density at radius 1 is 1.10 bits per heavy atom. The van der Waals surface area contributed by atoms with Gasteiger partial charge in [0.1, 0.15) is 5.82 Å². The van der Waals surface area contributed by atoms with Gasteiger partial charge in [-0.2, -0.15) is 0 Å². The van der Waals surface area contributed by atoms with Crippen molar-refractivity contribution in [3.8, 4) is 11.3 Å². The van der Waals surface area contributed by atoms with E-state index in [4.69, 9.17) is 0 Å². The first kappa shape index (κ1) is 21.2. The van der Waals surface area contributed by atoms with Gasteiger partial charge in [0.2, 0.25) is 5.91 Å². The molecule has 1 aliphatic rings. The predicted octanol–water partition coefficient (Wildman–Crippen LogP) is 2.23. The van der Waals surface area contributed by atoms with Gasteiger partial charge in [-0.1, -0.05) is 13.0 Å². The molecule has 2 aromatic rings. The molecule has 156 valence electrons. The Balaban J connectivity index is 1.63. The van der Waals surface area contributed by atoms with Crippen molar-refractivity contribution in [1.82, 2.24) is 14.9 Å². The molecule has 29 heavy (non-hydrogen) atoms. The highest BCUT2D eigenvalue weighted by Crippen LogP contribution is 2.25. The van der Waals surface area contributed by atoms with Crippen LogP contribution in [0.25, 0.3) is 11.3 Å². The number of aryl methyl sites for hydroxylation is 2. The average molecular weight is 417 g/mol. The molecule has 0 saturated carbocycles. The van der Waals surface area contributed by atoms with Gasteiger partial charge < -0.3 is 9.80 Å². The molecular formula is C21H28N4O3S. The molecule has 1 aliphatic heterocycles. The fourth-order valence-corrected chi connectivity index (χ4v) is 4.26. The second kappa shape index (κ2) is 8.90. The molecule has 1 saturated heterocycles. The van der Waals surface area contributed by atoms with E-state index < -0.39 is 9.84 Å². The summed E-state index contributed by atoms with van der Waals surface area (Å²) in [4.78, 5) is 25.3. The smallest absolute Gasteiger partial charge is 0.223 e. The third-order valence-corrected chi connectivity index (χ3v) is 6.96. The topological polar surface area (TPSA) is 83.5 Å². The molecule has 3 rings (SSSR count). The third kappa shape index (κ3) is 5.32. The van der Waals surface area contributed by atoms with Gasteiger partial charge in [-0.15, -0.1) is 0 Å². The monoisotopic (exact) mass is 416 g/mol. The minimum Gasteiger partial charge on any atom is -0.353 e. The summed E-state index contributed by atoms with van der Waals surface area (Å²) >= 11 is 0. The first-order valence-electron chi connectivity index (χ1n) is 9.92. The molecule has 0 aromatic carbocycles. The zero-order chi connectivity index (χ0) is 21.0. The van der Waals surface area contributed by atoms with Gasteiger partial charge in [-0.05, 0) is 37.1 Å². The average Bonchev–Trinajstić information content (AvgIpc) is 2.72. The first-order valence-corrected chi connectivity index (χ1v) is 11.7. The molecule has 0 atom stereocenters. The lowest BCUT2D eigenvalue weighted by molar-refractivity contribution is -0.131. The van der Waals surface area contributed by atoms with Crippen molar-refractivity contribution in [2.24, 2.45) is 0 Å². The highest BCUT2D eigenvalue weighted by atomic mass is 32.2. The van der Waals surface area contributed by atoms with Gasteiger partial charge in [-0.25, -0.2) is 13.4 Å². The number of anilines is 1. The van der Waals surface area contributed by atoms with Crippen LogP contribution in [0.3, 0.4) is 0 Å². The zero-order valence-electron chi connectivity index (χ0n) is 17.3. The Hall–Kier alpha value is -2.48. The summed E-state index contributed by atoms with van der Waals surface area (Å²) in [7, 11) is -3.12. The summed E-state index contributed by atoms with van der Waals surface area (Å²) in [6.07, 6.45) is 3.71. The van der Waals surface area contributed by atoms with Crippen LogP contribution in [0.15, 0.2) is 30.6 Å². The molecule has 8 heteroatoms. The summed E-state index contributed by atoms with van der Waals surface area (Å²) < 4.78 is 23.2. The van der Waals surface area contributed by atoms with Crippen molar-refractivity contribution < 1.29 is 13.2 Å². The standard InChI is InChI=1S/C21H28N4O3S/c1-4-29(27,28)12-6-20(26)25-10-8-24(9-11-25)19-14-18(5-7-22-19)21-17(3)13-16(2)15-23-21/h5,7,13-15H,4,6,8-12H2,1-3H3. The molecule has 0 bridgehead atoms. The first-order chi connectivity index (χ1) is 13.8. The number of sulfone groups is 1. The van der Waals surface area contributed by atoms with Crippen molar-refractivity contribution in [2.45, 2.75) is 27.2 Å². The Morgan fingerprint density at radius 2 is 1.83 bits per heavy atom. The van der Waals surface area contributed by atoms with Crippen molar-refractivity contribution >= 4 is 21.6 Å². The van der Waals surface area contributed by atoms with Crippen LogP contribution in [0.1, 0.15) is 24.5 Å². The maximum absolute atomic E-state index is 12.3. The van der Waals surface area contributed by atoms with Crippen LogP contribution in [0.2, 0.25) is 0 Å². The Morgan fingerprint density at radius 3 is 2.48 bits per heavy atom. The molecule has 3 heterocycles. The van der Waals surface area contributed by atoms with E-state index in [0.717, 1.165) is 28.2 Å². The Bertz CT molecular complexity index is 983. The Kier molecular flexibility index (Phi) is 6.52. The van der Waals surface area contributed by atoms with Gasteiger partial charge in [0.05, 0.1) is 11.4 Å². The number of piperazine rings is 1. The van der Waals surface area contributed by atoms with Crippen LogP contribution >= 0.6 is 0 Å². The Labute approximate surface area is 172 Å². The van der Waals surface area contributed by atoms with Gasteiger partial charge in [-0.3, -0.25) is 9.78 Å². The highest BCUT2D eigenvalue weighted by Gasteiger charge is 2.23. The summed E-state index contributed by atoms with van der Waals surface area (Å²) in [5.74, 6) is 0.772. The van der Waals surface area contributed by atoms with Gasteiger partial charge in [0.25, 0.3) is 0 Å². The molecule has 0 spiro atoms. The minimum atomic E-state index is -3.12. The van der Waals surface area contributed by atoms with E-state index in [9.17, 15) is 13.2 Å². The number of nitrogens with zero attached hydrogens (tertiary/aromatic N) is 4. The van der Waals surface area contributed by atoms with Gasteiger partial charge in [0.15, 0.2) is 9.84 Å². The van der Waals surface area contributed by atoms with Crippen molar-refractivity contribution in [1.29, 1.82) is 0 Å². The van der Waals surface area contributed by atoms with E-state index in [1.165, 1.54) is 0 Å². The fourth-order valence-electron chi connectivity index (χ4n) is 3.49. The van der Waals surface area contributed by atoms with Crippen LogP contribution < -0.4 is 4.90 Å². The lowest BCUT2D eigenvalue weighted by Crippen LogP contribution is -2.49. The lowest BCUT2D eigenvalue weighted by Gasteiger charge is -2.35. The number of rotatable bonds is 6. The van der Waals surface area contributed by atoms with E-state index in [1.807, 2.05) is 25.3 Å². The van der Waals surface area contributed by atoms with E-state index in [1.54, 1.807) is 18.0 Å². The summed E-state index contributed by atoms with van der Waals surface area (Å²) in [6.45, 7) is 8.16. The molecule has 2 aromatic heterocycles. The van der Waals surface area contributed by atoms with Crippen molar-refractivity contribution in [3.63, 3.8) is 0 Å². The van der Waals surface area contributed by atoms with Crippen LogP contribution in [0, 0.1) is 13.8 Å². The van der Waals surface area contributed by atoms with Crippen LogP contribution in [0.5, 0.6) is 0 Å². The molecule has 0 radical (unpaired) electrons. The van der Waals surface area contributed by atoms with Crippen molar-refractivity contribution in [2.75, 3.05) is 42.6 Å². The number of hydrogen-bond acceptors (Lipinski definition) is 6. The quantitative estimate of drug-likeness (QED) is 0.718. The minimum absolute atomic E-state index is 0.0578. The normalized spacial score (nSPS) is 14.9. The third-order valence-electron chi connectivity index (χ3n) is 5.26. The molecule has 0 unspecified atom stereocenters. The second-order valence-electron chi connectivity index (χ2n) is 7.44. The second-order valence-corrected chi connectivity index (χ2v) is 9.91. The summed E-state index contributed by atoms with van der Waals surface area (Å²) in [5.41, 5.74) is 4.23.